The third-order valence-electron chi connectivity index (χ3n) is 4.55. The van der Waals surface area contributed by atoms with Gasteiger partial charge in [0.2, 0.25) is 5.91 Å². The zero-order chi connectivity index (χ0) is 18.1. The molecule has 3 N–H and O–H groups in total. The molecular formula is C19H30N4O2. The number of nitrogens with zero attached hydrogens (tertiary/aromatic N) is 1. The molecule has 1 aromatic rings. The Bertz CT molecular complexity index is 553. The molecule has 6 heteroatoms. The molecule has 0 saturated carbocycles. The molecule has 1 aliphatic heterocycles. The molecule has 2 rings (SSSR count). The van der Waals surface area contributed by atoms with Gasteiger partial charge in [-0.3, -0.25) is 9.59 Å². The van der Waals surface area contributed by atoms with Crippen molar-refractivity contribution in [2.75, 3.05) is 39.8 Å². The monoisotopic (exact) mass is 346 g/mol. The summed E-state index contributed by atoms with van der Waals surface area (Å²) in [4.78, 5) is 26.4. The van der Waals surface area contributed by atoms with Gasteiger partial charge in [0.1, 0.15) is 0 Å². The van der Waals surface area contributed by atoms with Crippen LogP contribution in [0.1, 0.15) is 35.7 Å². The molecule has 0 bridgehead atoms. The largest absolute Gasteiger partial charge is 0.352 e. The van der Waals surface area contributed by atoms with Gasteiger partial charge in [-0.2, -0.15) is 0 Å². The number of carbonyl (C=O) groups excluding carboxylic acids is 2. The van der Waals surface area contributed by atoms with E-state index in [4.69, 9.17) is 0 Å². The fourth-order valence-electron chi connectivity index (χ4n) is 2.97. The highest BCUT2D eigenvalue weighted by molar-refractivity contribution is 5.94. The Morgan fingerprint density at radius 3 is 2.44 bits per heavy atom. The van der Waals surface area contributed by atoms with Gasteiger partial charge in [0.15, 0.2) is 0 Å². The minimum atomic E-state index is -0.0642. The smallest absolute Gasteiger partial charge is 0.251 e. The van der Waals surface area contributed by atoms with E-state index in [2.05, 4.69) is 20.9 Å². The second kappa shape index (κ2) is 10.2. The van der Waals surface area contributed by atoms with Gasteiger partial charge in [-0.15, -0.1) is 0 Å². The molecule has 1 unspecified atom stereocenters. The first-order valence-corrected chi connectivity index (χ1v) is 9.12. The molecule has 6 nitrogen and oxygen atoms in total. The first-order valence-electron chi connectivity index (χ1n) is 9.12. The lowest BCUT2D eigenvalue weighted by molar-refractivity contribution is -0.124. The quantitative estimate of drug-likeness (QED) is 0.623. The molecular weight excluding hydrogens is 316 g/mol. The van der Waals surface area contributed by atoms with Crippen molar-refractivity contribution >= 4 is 11.8 Å². The van der Waals surface area contributed by atoms with Crippen LogP contribution in [0.4, 0.5) is 0 Å². The zero-order valence-corrected chi connectivity index (χ0v) is 15.3. The molecule has 1 atom stereocenters. The fraction of sp³-hybridized carbons (Fsp3) is 0.579. The predicted molar refractivity (Wildman–Crippen MR) is 99.4 cm³/mol. The summed E-state index contributed by atoms with van der Waals surface area (Å²) in [5.41, 5.74) is 1.64. The average molecular weight is 346 g/mol. The fourth-order valence-corrected chi connectivity index (χ4v) is 2.97. The van der Waals surface area contributed by atoms with E-state index in [0.29, 0.717) is 25.2 Å². The molecule has 1 aromatic carbocycles. The Hall–Kier alpha value is -1.92. The van der Waals surface area contributed by atoms with E-state index in [1.165, 1.54) is 12.8 Å². The molecule has 0 aromatic heterocycles. The number of carbonyl (C=O) groups is 2. The van der Waals surface area contributed by atoms with Crippen molar-refractivity contribution in [3.8, 4) is 0 Å². The Labute approximate surface area is 150 Å². The number of benzene rings is 1. The summed E-state index contributed by atoms with van der Waals surface area (Å²) < 4.78 is 0. The lowest BCUT2D eigenvalue weighted by Crippen LogP contribution is -2.34. The van der Waals surface area contributed by atoms with Crippen LogP contribution in [0.3, 0.4) is 0 Å². The molecule has 138 valence electrons. The molecule has 25 heavy (non-hydrogen) atoms. The summed E-state index contributed by atoms with van der Waals surface area (Å²) >= 11 is 0. The number of likely N-dealkylation sites (tertiary alicyclic amines) is 1. The standard InChI is InChI=1S/C19H30N4O2/c1-15(13-20-2)18(24)22-14-16-5-7-17(8-6-16)19(25)21-9-12-23-10-3-4-11-23/h5-8,15,20H,3-4,9-14H2,1-2H3,(H,21,25)(H,22,24). The van der Waals surface area contributed by atoms with Gasteiger partial charge in [0, 0.05) is 37.7 Å². The normalized spacial score (nSPS) is 15.8. The van der Waals surface area contributed by atoms with Crippen molar-refractivity contribution < 1.29 is 9.59 Å². The summed E-state index contributed by atoms with van der Waals surface area (Å²) in [5, 5.41) is 8.87. The minimum Gasteiger partial charge on any atom is -0.352 e. The van der Waals surface area contributed by atoms with Crippen LogP contribution in [0.25, 0.3) is 0 Å². The third-order valence-corrected chi connectivity index (χ3v) is 4.55. The van der Waals surface area contributed by atoms with Crippen LogP contribution in [0, 0.1) is 5.92 Å². The Morgan fingerprint density at radius 2 is 1.80 bits per heavy atom. The summed E-state index contributed by atoms with van der Waals surface area (Å²) in [5.74, 6) is -0.0823. The number of rotatable bonds is 9. The lowest BCUT2D eigenvalue weighted by atomic mass is 10.1. The second-order valence-corrected chi connectivity index (χ2v) is 6.68. The first-order chi connectivity index (χ1) is 12.1. The highest BCUT2D eigenvalue weighted by atomic mass is 16.2. The average Bonchev–Trinajstić information content (AvgIpc) is 3.13. The molecule has 2 amide bonds. The molecule has 0 spiro atoms. The van der Waals surface area contributed by atoms with E-state index in [0.717, 1.165) is 25.2 Å². The molecule has 1 heterocycles. The SMILES string of the molecule is CNCC(C)C(=O)NCc1ccc(C(=O)NCCN2CCCC2)cc1. The molecule has 1 saturated heterocycles. The molecule has 0 radical (unpaired) electrons. The maximum atomic E-state index is 12.2. The van der Waals surface area contributed by atoms with Crippen LogP contribution in [0.2, 0.25) is 0 Å². The van der Waals surface area contributed by atoms with Gasteiger partial charge in [-0.1, -0.05) is 19.1 Å². The van der Waals surface area contributed by atoms with Gasteiger partial charge in [-0.25, -0.2) is 0 Å². The minimum absolute atomic E-state index is 0.0260. The van der Waals surface area contributed by atoms with E-state index in [1.54, 1.807) is 0 Å². The summed E-state index contributed by atoms with van der Waals surface area (Å²) in [6.45, 7) is 6.90. The summed E-state index contributed by atoms with van der Waals surface area (Å²) in [6, 6.07) is 7.39. The van der Waals surface area contributed by atoms with Crippen LogP contribution >= 0.6 is 0 Å². The van der Waals surface area contributed by atoms with E-state index >= 15 is 0 Å². The lowest BCUT2D eigenvalue weighted by Gasteiger charge is -2.15. The Kier molecular flexibility index (Phi) is 7.88. The van der Waals surface area contributed by atoms with Gasteiger partial charge < -0.3 is 20.9 Å². The number of hydrogen-bond acceptors (Lipinski definition) is 4. The zero-order valence-electron chi connectivity index (χ0n) is 15.3. The van der Waals surface area contributed by atoms with Crippen molar-refractivity contribution in [3.63, 3.8) is 0 Å². The van der Waals surface area contributed by atoms with Gasteiger partial charge in [0.25, 0.3) is 5.91 Å². The van der Waals surface area contributed by atoms with Gasteiger partial charge in [-0.05, 0) is 50.7 Å². The van der Waals surface area contributed by atoms with Crippen molar-refractivity contribution in [2.24, 2.45) is 5.92 Å². The van der Waals surface area contributed by atoms with Crippen molar-refractivity contribution in [1.82, 2.24) is 20.9 Å². The van der Waals surface area contributed by atoms with Crippen LogP contribution < -0.4 is 16.0 Å². The van der Waals surface area contributed by atoms with E-state index in [9.17, 15) is 9.59 Å². The summed E-state index contributed by atoms with van der Waals surface area (Å²) in [7, 11) is 1.83. The Morgan fingerprint density at radius 1 is 1.12 bits per heavy atom. The molecule has 1 aliphatic rings. The Balaban J connectivity index is 1.72. The number of nitrogens with one attached hydrogen (secondary N) is 3. The summed E-state index contributed by atoms with van der Waals surface area (Å²) in [6.07, 6.45) is 2.53. The maximum absolute atomic E-state index is 12.2. The van der Waals surface area contributed by atoms with Crippen LogP contribution in [0.5, 0.6) is 0 Å². The topological polar surface area (TPSA) is 73.5 Å². The first kappa shape index (κ1) is 19.4. The number of hydrogen-bond donors (Lipinski definition) is 3. The number of amides is 2. The third kappa shape index (κ3) is 6.48. The predicted octanol–water partition coefficient (Wildman–Crippen LogP) is 0.984. The van der Waals surface area contributed by atoms with Crippen LogP contribution in [-0.2, 0) is 11.3 Å². The van der Waals surface area contributed by atoms with Crippen LogP contribution in [0.15, 0.2) is 24.3 Å². The van der Waals surface area contributed by atoms with Crippen molar-refractivity contribution in [1.29, 1.82) is 0 Å². The second-order valence-electron chi connectivity index (χ2n) is 6.68. The van der Waals surface area contributed by atoms with E-state index in [-0.39, 0.29) is 17.7 Å². The highest BCUT2D eigenvalue weighted by Gasteiger charge is 2.13. The highest BCUT2D eigenvalue weighted by Crippen LogP contribution is 2.07. The van der Waals surface area contributed by atoms with Gasteiger partial charge >= 0.3 is 0 Å². The van der Waals surface area contributed by atoms with Crippen molar-refractivity contribution in [3.05, 3.63) is 35.4 Å². The molecule has 0 aliphatic carbocycles. The van der Waals surface area contributed by atoms with E-state index < -0.39 is 0 Å². The van der Waals surface area contributed by atoms with Crippen LogP contribution in [-0.4, -0.2) is 56.5 Å². The maximum Gasteiger partial charge on any atom is 0.251 e. The van der Waals surface area contributed by atoms with Crippen molar-refractivity contribution in [2.45, 2.75) is 26.3 Å². The van der Waals surface area contributed by atoms with Gasteiger partial charge in [0.05, 0.1) is 0 Å². The van der Waals surface area contributed by atoms with E-state index in [1.807, 2.05) is 38.2 Å². The molecule has 1 fully saturated rings.